The summed E-state index contributed by atoms with van der Waals surface area (Å²) in [7, 11) is 0. The van der Waals surface area contributed by atoms with E-state index in [0.29, 0.717) is 0 Å². The molecule has 0 aliphatic heterocycles. The number of aryl methyl sites for hydroxylation is 2. The number of rotatable bonds is 1. The van der Waals surface area contributed by atoms with E-state index in [0.717, 1.165) is 6.54 Å². The molecular formula is C7H11N. The van der Waals surface area contributed by atoms with Gasteiger partial charge in [0.1, 0.15) is 0 Å². The summed E-state index contributed by atoms with van der Waals surface area (Å²) in [6.45, 7) is 5.34. The summed E-state index contributed by atoms with van der Waals surface area (Å²) < 4.78 is 2.21. The Bertz CT molecular complexity index is 165. The number of hydrogen-bond acceptors (Lipinski definition) is 0. The maximum Gasteiger partial charge on any atom is 0.0193 e. The van der Waals surface area contributed by atoms with E-state index in [2.05, 4.69) is 36.7 Å². The summed E-state index contributed by atoms with van der Waals surface area (Å²) in [5.74, 6) is 0. The lowest BCUT2D eigenvalue weighted by molar-refractivity contribution is 0.743. The number of hydrogen-bond donors (Lipinski definition) is 0. The van der Waals surface area contributed by atoms with E-state index in [1.165, 1.54) is 5.69 Å². The minimum Gasteiger partial charge on any atom is -0.352 e. The van der Waals surface area contributed by atoms with E-state index in [1.54, 1.807) is 0 Å². The molecule has 1 rings (SSSR count). The summed E-state index contributed by atoms with van der Waals surface area (Å²) in [6.07, 6.45) is 2.09. The Morgan fingerprint density at radius 1 is 1.62 bits per heavy atom. The van der Waals surface area contributed by atoms with Crippen molar-refractivity contribution >= 4 is 0 Å². The molecule has 0 unspecified atom stereocenters. The van der Waals surface area contributed by atoms with Gasteiger partial charge >= 0.3 is 0 Å². The van der Waals surface area contributed by atoms with Gasteiger partial charge in [-0.25, -0.2) is 0 Å². The lowest BCUT2D eigenvalue weighted by Crippen LogP contribution is -1.92. The molecule has 0 N–H and O–H groups in total. The number of aromatic nitrogens is 1. The van der Waals surface area contributed by atoms with Crippen LogP contribution in [0.1, 0.15) is 12.6 Å². The highest BCUT2D eigenvalue weighted by atomic mass is 14.9. The summed E-state index contributed by atoms with van der Waals surface area (Å²) in [4.78, 5) is 0. The molecule has 1 heterocycles. The lowest BCUT2D eigenvalue weighted by atomic mass is 10.5. The van der Waals surface area contributed by atoms with E-state index < -0.39 is 0 Å². The van der Waals surface area contributed by atoms with Crippen molar-refractivity contribution in [2.24, 2.45) is 0 Å². The van der Waals surface area contributed by atoms with Gasteiger partial charge < -0.3 is 4.57 Å². The van der Waals surface area contributed by atoms with Crippen molar-refractivity contribution < 1.29 is 0 Å². The normalized spacial score (nSPS) is 9.75. The molecule has 1 nitrogen and oxygen atoms in total. The molecule has 0 aromatic carbocycles. The van der Waals surface area contributed by atoms with E-state index in [-0.39, 0.29) is 0 Å². The molecule has 44 valence electrons. The van der Waals surface area contributed by atoms with Gasteiger partial charge in [-0.05, 0) is 26.0 Å². The molecule has 0 aliphatic carbocycles. The van der Waals surface area contributed by atoms with Crippen LogP contribution in [-0.2, 0) is 6.54 Å². The van der Waals surface area contributed by atoms with Crippen molar-refractivity contribution in [3.63, 3.8) is 0 Å². The minimum absolute atomic E-state index is 1.08. The van der Waals surface area contributed by atoms with Crippen LogP contribution in [0.5, 0.6) is 0 Å². The Kier molecular flexibility index (Phi) is 1.38. The Hall–Kier alpha value is -0.720. The van der Waals surface area contributed by atoms with Gasteiger partial charge in [0.05, 0.1) is 0 Å². The third-order valence-electron chi connectivity index (χ3n) is 1.40. The van der Waals surface area contributed by atoms with Gasteiger partial charge in [0, 0.05) is 18.4 Å². The Balaban J connectivity index is 2.92. The van der Waals surface area contributed by atoms with Crippen molar-refractivity contribution in [3.8, 4) is 0 Å². The largest absolute Gasteiger partial charge is 0.352 e. The summed E-state index contributed by atoms with van der Waals surface area (Å²) in [5.41, 5.74) is 1.34. The van der Waals surface area contributed by atoms with Crippen molar-refractivity contribution in [2.75, 3.05) is 0 Å². The van der Waals surface area contributed by atoms with Crippen LogP contribution in [0, 0.1) is 6.92 Å². The maximum atomic E-state index is 2.21. The van der Waals surface area contributed by atoms with Crippen molar-refractivity contribution in [1.29, 1.82) is 0 Å². The Morgan fingerprint density at radius 3 is 2.62 bits per heavy atom. The van der Waals surface area contributed by atoms with Crippen LogP contribution in [0.25, 0.3) is 0 Å². The van der Waals surface area contributed by atoms with Gasteiger partial charge in [-0.3, -0.25) is 0 Å². The summed E-state index contributed by atoms with van der Waals surface area (Å²) in [6, 6.07) is 4.18. The molecule has 1 aromatic heterocycles. The molecule has 0 saturated heterocycles. The first-order chi connectivity index (χ1) is 3.84. The van der Waals surface area contributed by atoms with Crippen LogP contribution >= 0.6 is 0 Å². The van der Waals surface area contributed by atoms with Gasteiger partial charge in [0.15, 0.2) is 0 Å². The van der Waals surface area contributed by atoms with Crippen molar-refractivity contribution in [1.82, 2.24) is 4.57 Å². The second-order valence-electron chi connectivity index (χ2n) is 1.94. The zero-order valence-electron chi connectivity index (χ0n) is 5.39. The third kappa shape index (κ3) is 0.760. The molecule has 0 radical (unpaired) electrons. The first-order valence-corrected chi connectivity index (χ1v) is 2.96. The first kappa shape index (κ1) is 5.42. The number of nitrogens with zero attached hydrogens (tertiary/aromatic N) is 1. The van der Waals surface area contributed by atoms with Crippen LogP contribution in [-0.4, -0.2) is 4.57 Å². The van der Waals surface area contributed by atoms with Crippen LogP contribution < -0.4 is 0 Å². The van der Waals surface area contributed by atoms with Crippen LogP contribution in [0.3, 0.4) is 0 Å². The molecule has 0 saturated carbocycles. The molecule has 0 amide bonds. The quantitative estimate of drug-likeness (QED) is 0.518. The first-order valence-electron chi connectivity index (χ1n) is 2.96. The smallest absolute Gasteiger partial charge is 0.0193 e. The lowest BCUT2D eigenvalue weighted by Gasteiger charge is -1.97. The van der Waals surface area contributed by atoms with Crippen LogP contribution in [0.4, 0.5) is 0 Å². The molecule has 0 spiro atoms. The van der Waals surface area contributed by atoms with E-state index in [9.17, 15) is 0 Å². The topological polar surface area (TPSA) is 4.93 Å². The predicted octanol–water partition coefficient (Wildman–Crippen LogP) is 1.82. The molecule has 0 bridgehead atoms. The highest BCUT2D eigenvalue weighted by Crippen LogP contribution is 1.97. The van der Waals surface area contributed by atoms with Crippen LogP contribution in [0.2, 0.25) is 0 Å². The monoisotopic (exact) mass is 109 g/mol. The molecule has 1 heteroatoms. The van der Waals surface area contributed by atoms with E-state index in [4.69, 9.17) is 0 Å². The average Bonchev–Trinajstić information content (AvgIpc) is 2.14. The fourth-order valence-corrected chi connectivity index (χ4v) is 0.854. The maximum absolute atomic E-state index is 2.21. The van der Waals surface area contributed by atoms with E-state index >= 15 is 0 Å². The molecule has 8 heavy (non-hydrogen) atoms. The zero-order chi connectivity index (χ0) is 5.98. The van der Waals surface area contributed by atoms with Crippen molar-refractivity contribution in [3.05, 3.63) is 24.0 Å². The van der Waals surface area contributed by atoms with Gasteiger partial charge in [-0.15, -0.1) is 0 Å². The van der Waals surface area contributed by atoms with E-state index in [1.807, 2.05) is 0 Å². The molecule has 0 atom stereocenters. The summed E-state index contributed by atoms with van der Waals surface area (Å²) in [5, 5.41) is 0. The van der Waals surface area contributed by atoms with Crippen molar-refractivity contribution in [2.45, 2.75) is 20.4 Å². The molecule has 1 aromatic rings. The highest BCUT2D eigenvalue weighted by Gasteiger charge is 1.86. The molecular weight excluding hydrogens is 98.1 g/mol. The van der Waals surface area contributed by atoms with Gasteiger partial charge in [0.2, 0.25) is 0 Å². The van der Waals surface area contributed by atoms with Gasteiger partial charge in [-0.1, -0.05) is 0 Å². The van der Waals surface area contributed by atoms with Gasteiger partial charge in [-0.2, -0.15) is 0 Å². The fourth-order valence-electron chi connectivity index (χ4n) is 0.854. The standard InChI is InChI=1S/C7H11N/c1-3-8-6-4-5-7(8)2/h4-6H,3H2,1-2H3. The molecule has 0 aliphatic rings. The molecule has 0 fully saturated rings. The Labute approximate surface area is 49.9 Å². The van der Waals surface area contributed by atoms with Gasteiger partial charge in [0.25, 0.3) is 0 Å². The second kappa shape index (κ2) is 2.03. The second-order valence-corrected chi connectivity index (χ2v) is 1.94. The fraction of sp³-hybridized carbons (Fsp3) is 0.429. The predicted molar refractivity (Wildman–Crippen MR) is 34.8 cm³/mol. The SMILES string of the molecule is CCn1cccc1C. The third-order valence-corrected chi connectivity index (χ3v) is 1.40. The Morgan fingerprint density at radius 2 is 2.38 bits per heavy atom. The highest BCUT2D eigenvalue weighted by molar-refractivity contribution is 5.03. The zero-order valence-corrected chi connectivity index (χ0v) is 5.39. The summed E-state index contributed by atoms with van der Waals surface area (Å²) >= 11 is 0. The average molecular weight is 109 g/mol. The minimum atomic E-state index is 1.08. The van der Waals surface area contributed by atoms with Crippen LogP contribution in [0.15, 0.2) is 18.3 Å².